The normalized spacial score (nSPS) is 15.3. The molecule has 10 heavy (non-hydrogen) atoms. The van der Waals surface area contributed by atoms with E-state index in [4.69, 9.17) is 4.43 Å². The molecule has 0 radical (unpaired) electrons. The number of alkyl halides is 1. The summed E-state index contributed by atoms with van der Waals surface area (Å²) in [6, 6.07) is 0. The van der Waals surface area contributed by atoms with Crippen LogP contribution in [0, 0.1) is 0 Å². The van der Waals surface area contributed by atoms with Crippen molar-refractivity contribution in [3.63, 3.8) is 0 Å². The molecule has 0 N–H and O–H groups in total. The van der Waals surface area contributed by atoms with Crippen molar-refractivity contribution in [3.8, 4) is 0 Å². The van der Waals surface area contributed by atoms with Crippen LogP contribution in [0.2, 0.25) is 13.1 Å². The first kappa shape index (κ1) is 10.7. The van der Waals surface area contributed by atoms with Gasteiger partial charge >= 0.3 is 0 Å². The third-order valence-corrected chi connectivity index (χ3v) is 7.15. The first-order chi connectivity index (χ1) is 4.52. The number of rotatable bonds is 4. The first-order valence-corrected chi connectivity index (χ1v) is 7.99. The molecule has 0 aromatic carbocycles. The molecule has 0 aliphatic carbocycles. The van der Waals surface area contributed by atoms with Crippen LogP contribution in [0.1, 0.15) is 20.3 Å². The Morgan fingerprint density at radius 3 is 2.30 bits per heavy atom. The van der Waals surface area contributed by atoms with Gasteiger partial charge in [0, 0.05) is 11.1 Å². The smallest absolute Gasteiger partial charge is 0.197 e. The lowest BCUT2D eigenvalue weighted by atomic mass is 10.3. The molecule has 0 aromatic rings. The lowest BCUT2D eigenvalue weighted by Crippen LogP contribution is -2.36. The maximum Gasteiger partial charge on any atom is 0.197 e. The zero-order chi connectivity index (χ0) is 8.20. The Morgan fingerprint density at radius 2 is 2.00 bits per heavy atom. The second-order valence-electron chi connectivity index (χ2n) is 3.23. The predicted molar refractivity (Wildman–Crippen MR) is 52.1 cm³/mol. The second-order valence-corrected chi connectivity index (χ2v) is 8.93. The van der Waals surface area contributed by atoms with Crippen LogP contribution >= 0.6 is 15.9 Å². The van der Waals surface area contributed by atoms with E-state index in [2.05, 4.69) is 42.9 Å². The van der Waals surface area contributed by atoms with Gasteiger partial charge in [-0.1, -0.05) is 22.9 Å². The van der Waals surface area contributed by atoms with E-state index >= 15 is 0 Å². The molecular weight excluding hydrogens is 208 g/mol. The molecule has 3 heteroatoms. The average molecular weight is 225 g/mol. The van der Waals surface area contributed by atoms with Gasteiger partial charge in [0.15, 0.2) is 8.32 Å². The van der Waals surface area contributed by atoms with Gasteiger partial charge in [-0.2, -0.15) is 0 Å². The van der Waals surface area contributed by atoms with E-state index in [0.29, 0.717) is 6.10 Å². The fourth-order valence-electron chi connectivity index (χ4n) is 0.659. The highest BCUT2D eigenvalue weighted by molar-refractivity contribution is 9.09. The molecule has 0 saturated heterocycles. The number of hydrogen-bond acceptors (Lipinski definition) is 1. The average Bonchev–Trinajstić information content (AvgIpc) is 1.87. The molecule has 62 valence electrons. The van der Waals surface area contributed by atoms with E-state index < -0.39 is 8.32 Å². The lowest BCUT2D eigenvalue weighted by molar-refractivity contribution is 0.209. The first-order valence-electron chi connectivity index (χ1n) is 3.75. The minimum Gasteiger partial charge on any atom is -0.414 e. The molecule has 0 amide bonds. The lowest BCUT2D eigenvalue weighted by Gasteiger charge is -2.24. The summed E-state index contributed by atoms with van der Waals surface area (Å²) in [6.45, 7) is 8.75. The van der Waals surface area contributed by atoms with Crippen LogP contribution in [0.5, 0.6) is 0 Å². The van der Waals surface area contributed by atoms with Gasteiger partial charge in [0.2, 0.25) is 0 Å². The van der Waals surface area contributed by atoms with Crippen LogP contribution in [0.3, 0.4) is 0 Å². The van der Waals surface area contributed by atoms with E-state index in [1.807, 2.05) is 0 Å². The molecule has 0 heterocycles. The summed E-state index contributed by atoms with van der Waals surface area (Å²) < 4.78 is 5.83. The van der Waals surface area contributed by atoms with Gasteiger partial charge in [-0.3, -0.25) is 0 Å². The quantitative estimate of drug-likeness (QED) is 0.528. The van der Waals surface area contributed by atoms with Crippen LogP contribution in [0.4, 0.5) is 0 Å². The Balaban J connectivity index is 3.64. The molecule has 1 nitrogen and oxygen atoms in total. The van der Waals surface area contributed by atoms with Crippen molar-refractivity contribution in [3.05, 3.63) is 0 Å². The van der Waals surface area contributed by atoms with Crippen molar-refractivity contribution in [2.45, 2.75) is 39.5 Å². The molecular formula is C7H17BrOSi. The van der Waals surface area contributed by atoms with Gasteiger partial charge in [0.05, 0.1) is 0 Å². The predicted octanol–water partition coefficient (Wildman–Crippen LogP) is 2.94. The molecule has 1 atom stereocenters. The van der Waals surface area contributed by atoms with Gasteiger partial charge in [0.1, 0.15) is 0 Å². The Morgan fingerprint density at radius 1 is 1.50 bits per heavy atom. The molecule has 0 spiro atoms. The second kappa shape index (κ2) is 4.52. The molecule has 0 fully saturated rings. The van der Waals surface area contributed by atoms with E-state index in [9.17, 15) is 0 Å². The SMILES string of the molecule is CCC(C)O[Si](C)(C)CBr. The highest BCUT2D eigenvalue weighted by atomic mass is 79.9. The molecule has 0 aromatic heterocycles. The Kier molecular flexibility index (Phi) is 4.81. The largest absolute Gasteiger partial charge is 0.414 e. The van der Waals surface area contributed by atoms with Crippen molar-refractivity contribution >= 4 is 24.2 Å². The summed E-state index contributed by atoms with van der Waals surface area (Å²) in [6.07, 6.45) is 1.54. The van der Waals surface area contributed by atoms with Crippen LogP contribution in [-0.4, -0.2) is 19.4 Å². The summed E-state index contributed by atoms with van der Waals surface area (Å²) in [5.41, 5.74) is 0. The maximum absolute atomic E-state index is 5.83. The van der Waals surface area contributed by atoms with E-state index in [-0.39, 0.29) is 0 Å². The Labute approximate surface area is 73.4 Å². The summed E-state index contributed by atoms with van der Waals surface area (Å²) in [7, 11) is -1.34. The van der Waals surface area contributed by atoms with Crippen LogP contribution in [-0.2, 0) is 4.43 Å². The van der Waals surface area contributed by atoms with Crippen molar-refractivity contribution in [1.29, 1.82) is 0 Å². The van der Waals surface area contributed by atoms with Gasteiger partial charge in [0.25, 0.3) is 0 Å². The van der Waals surface area contributed by atoms with E-state index in [1.165, 1.54) is 0 Å². The van der Waals surface area contributed by atoms with Gasteiger partial charge in [-0.05, 0) is 26.4 Å². The third kappa shape index (κ3) is 4.47. The zero-order valence-corrected chi connectivity index (χ0v) is 9.86. The fraction of sp³-hybridized carbons (Fsp3) is 1.00. The highest BCUT2D eigenvalue weighted by Crippen LogP contribution is 2.12. The molecule has 0 aliphatic rings. The molecule has 1 unspecified atom stereocenters. The van der Waals surface area contributed by atoms with Crippen molar-refractivity contribution in [2.75, 3.05) is 4.95 Å². The zero-order valence-electron chi connectivity index (χ0n) is 7.28. The monoisotopic (exact) mass is 224 g/mol. The molecule has 0 bridgehead atoms. The van der Waals surface area contributed by atoms with E-state index in [1.54, 1.807) is 0 Å². The third-order valence-electron chi connectivity index (χ3n) is 1.42. The Bertz CT molecular complexity index is 95.6. The topological polar surface area (TPSA) is 9.23 Å². The minimum atomic E-state index is -1.34. The number of halogens is 1. The summed E-state index contributed by atoms with van der Waals surface area (Å²) in [4.78, 5) is 1.03. The maximum atomic E-state index is 5.83. The van der Waals surface area contributed by atoms with Crippen molar-refractivity contribution in [1.82, 2.24) is 0 Å². The summed E-state index contributed by atoms with van der Waals surface area (Å²) in [5, 5.41) is 0. The standard InChI is InChI=1S/C7H17BrOSi/c1-5-7(2)9-10(3,4)6-8/h7H,5-6H2,1-4H3. The van der Waals surface area contributed by atoms with Gasteiger partial charge in [-0.15, -0.1) is 0 Å². The van der Waals surface area contributed by atoms with Crippen LogP contribution in [0.15, 0.2) is 0 Å². The van der Waals surface area contributed by atoms with Crippen LogP contribution in [0.25, 0.3) is 0 Å². The van der Waals surface area contributed by atoms with Crippen molar-refractivity contribution in [2.24, 2.45) is 0 Å². The van der Waals surface area contributed by atoms with Gasteiger partial charge < -0.3 is 4.43 Å². The molecule has 0 rings (SSSR count). The minimum absolute atomic E-state index is 0.430. The van der Waals surface area contributed by atoms with Crippen molar-refractivity contribution < 1.29 is 4.43 Å². The highest BCUT2D eigenvalue weighted by Gasteiger charge is 2.22. The van der Waals surface area contributed by atoms with E-state index in [0.717, 1.165) is 11.4 Å². The summed E-state index contributed by atoms with van der Waals surface area (Å²) >= 11 is 3.47. The van der Waals surface area contributed by atoms with Crippen LogP contribution < -0.4 is 0 Å². The molecule has 0 aliphatic heterocycles. The summed E-state index contributed by atoms with van der Waals surface area (Å²) in [5.74, 6) is 0. The number of hydrogen-bond donors (Lipinski definition) is 0. The van der Waals surface area contributed by atoms with Gasteiger partial charge in [-0.25, -0.2) is 0 Å². The Hall–Kier alpha value is 0.657. The molecule has 0 saturated carbocycles. The fourth-order valence-corrected chi connectivity index (χ4v) is 2.37.